The van der Waals surface area contributed by atoms with Gasteiger partial charge in [0.2, 0.25) is 5.91 Å². The smallest absolute Gasteiger partial charge is 0.225 e. The molecule has 0 saturated carbocycles. The predicted octanol–water partition coefficient (Wildman–Crippen LogP) is 4.20. The molecule has 5 nitrogen and oxygen atoms in total. The van der Waals surface area contributed by atoms with Gasteiger partial charge in [-0.3, -0.25) is 9.69 Å². The molecule has 2 heterocycles. The van der Waals surface area contributed by atoms with E-state index in [0.29, 0.717) is 13.0 Å². The maximum atomic E-state index is 12.0. The first-order chi connectivity index (χ1) is 15.7. The minimum Gasteiger partial charge on any atom is -0.489 e. The third kappa shape index (κ3) is 6.58. The van der Waals surface area contributed by atoms with Crippen LogP contribution < -0.4 is 15.0 Å². The fourth-order valence-electron chi connectivity index (χ4n) is 3.90. The SMILES string of the molecule is C[C@@H](CNC(=O)Cc1cccs1)Oc1ccc(CN2CCN(c3ccccc3)CC2)cc1. The molecule has 168 valence electrons. The van der Waals surface area contributed by atoms with E-state index in [-0.39, 0.29) is 12.0 Å². The van der Waals surface area contributed by atoms with Gasteiger partial charge in [-0.05, 0) is 48.2 Å². The number of anilines is 1. The van der Waals surface area contributed by atoms with E-state index >= 15 is 0 Å². The quantitative estimate of drug-likeness (QED) is 0.532. The third-order valence-corrected chi connectivity index (χ3v) is 6.54. The topological polar surface area (TPSA) is 44.8 Å². The zero-order valence-corrected chi connectivity index (χ0v) is 19.4. The molecule has 1 amide bonds. The normalized spacial score (nSPS) is 15.3. The van der Waals surface area contributed by atoms with Crippen LogP contribution in [0.4, 0.5) is 5.69 Å². The molecule has 1 aliphatic rings. The first kappa shape index (κ1) is 22.4. The van der Waals surface area contributed by atoms with Crippen LogP contribution in [0.1, 0.15) is 17.4 Å². The van der Waals surface area contributed by atoms with Crippen LogP contribution in [0.2, 0.25) is 0 Å². The summed E-state index contributed by atoms with van der Waals surface area (Å²) in [6.07, 6.45) is 0.345. The lowest BCUT2D eigenvalue weighted by molar-refractivity contribution is -0.120. The fourth-order valence-corrected chi connectivity index (χ4v) is 4.60. The van der Waals surface area contributed by atoms with Crippen molar-refractivity contribution in [3.8, 4) is 5.75 Å². The number of ether oxygens (including phenoxy) is 1. The van der Waals surface area contributed by atoms with Crippen molar-refractivity contribution in [1.29, 1.82) is 0 Å². The zero-order chi connectivity index (χ0) is 22.2. The van der Waals surface area contributed by atoms with Gasteiger partial charge in [0.25, 0.3) is 0 Å². The lowest BCUT2D eigenvalue weighted by atomic mass is 10.2. The Balaban J connectivity index is 1.17. The molecule has 0 unspecified atom stereocenters. The predicted molar refractivity (Wildman–Crippen MR) is 131 cm³/mol. The van der Waals surface area contributed by atoms with Gasteiger partial charge in [0, 0.05) is 43.3 Å². The van der Waals surface area contributed by atoms with E-state index in [1.807, 2.05) is 36.6 Å². The van der Waals surface area contributed by atoms with Crippen molar-refractivity contribution in [2.75, 3.05) is 37.6 Å². The van der Waals surface area contributed by atoms with Gasteiger partial charge in [0.05, 0.1) is 13.0 Å². The van der Waals surface area contributed by atoms with Gasteiger partial charge < -0.3 is 15.0 Å². The second-order valence-corrected chi connectivity index (χ2v) is 9.26. The van der Waals surface area contributed by atoms with E-state index in [2.05, 4.69) is 57.6 Å². The summed E-state index contributed by atoms with van der Waals surface area (Å²) in [5.74, 6) is 0.869. The number of hydrogen-bond acceptors (Lipinski definition) is 5. The standard InChI is InChI=1S/C26H31N3O2S/c1-21(19-27-26(30)18-25-8-5-17-32-25)31-24-11-9-22(10-12-24)20-28-13-15-29(16-14-28)23-6-3-2-4-7-23/h2-12,17,21H,13-16,18-20H2,1H3,(H,27,30)/t21-/m0/s1. The Hall–Kier alpha value is -2.83. The molecule has 0 radical (unpaired) electrons. The molecular weight excluding hydrogens is 418 g/mol. The van der Waals surface area contributed by atoms with Gasteiger partial charge in [-0.15, -0.1) is 11.3 Å². The maximum Gasteiger partial charge on any atom is 0.225 e. The number of thiophene rings is 1. The number of hydrogen-bond donors (Lipinski definition) is 1. The molecule has 1 aliphatic heterocycles. The summed E-state index contributed by atoms with van der Waals surface area (Å²) in [6.45, 7) is 7.67. The number of nitrogens with zero attached hydrogens (tertiary/aromatic N) is 2. The van der Waals surface area contributed by atoms with E-state index in [1.54, 1.807) is 11.3 Å². The van der Waals surface area contributed by atoms with Crippen molar-refractivity contribution in [2.24, 2.45) is 0 Å². The first-order valence-electron chi connectivity index (χ1n) is 11.2. The van der Waals surface area contributed by atoms with Gasteiger partial charge >= 0.3 is 0 Å². The zero-order valence-electron chi connectivity index (χ0n) is 18.6. The van der Waals surface area contributed by atoms with Crippen molar-refractivity contribution in [3.63, 3.8) is 0 Å². The largest absolute Gasteiger partial charge is 0.489 e. The van der Waals surface area contributed by atoms with E-state index in [9.17, 15) is 4.79 Å². The van der Waals surface area contributed by atoms with Crippen LogP contribution >= 0.6 is 11.3 Å². The molecule has 4 rings (SSSR count). The monoisotopic (exact) mass is 449 g/mol. The highest BCUT2D eigenvalue weighted by Gasteiger charge is 2.17. The average Bonchev–Trinajstić information content (AvgIpc) is 3.33. The second-order valence-electron chi connectivity index (χ2n) is 8.23. The molecule has 1 saturated heterocycles. The molecule has 3 aromatic rings. The number of nitrogens with one attached hydrogen (secondary N) is 1. The van der Waals surface area contributed by atoms with E-state index in [0.717, 1.165) is 43.4 Å². The van der Waals surface area contributed by atoms with E-state index < -0.39 is 0 Å². The Morgan fingerprint density at radius 3 is 2.44 bits per heavy atom. The van der Waals surface area contributed by atoms with E-state index in [4.69, 9.17) is 4.74 Å². The molecule has 1 fully saturated rings. The summed E-state index contributed by atoms with van der Waals surface area (Å²) >= 11 is 1.60. The molecule has 0 aliphatic carbocycles. The molecule has 32 heavy (non-hydrogen) atoms. The van der Waals surface area contributed by atoms with Crippen LogP contribution in [0, 0.1) is 0 Å². The van der Waals surface area contributed by atoms with Crippen LogP contribution in [-0.4, -0.2) is 49.6 Å². The van der Waals surface area contributed by atoms with Crippen molar-refractivity contribution in [2.45, 2.75) is 26.0 Å². The van der Waals surface area contributed by atoms with Crippen molar-refractivity contribution < 1.29 is 9.53 Å². The third-order valence-electron chi connectivity index (χ3n) is 5.66. The molecular formula is C26H31N3O2S. The summed E-state index contributed by atoms with van der Waals surface area (Å²) in [5.41, 5.74) is 2.60. The number of carbonyl (C=O) groups is 1. The lowest BCUT2D eigenvalue weighted by Crippen LogP contribution is -2.45. The molecule has 1 aromatic heterocycles. The van der Waals surface area contributed by atoms with Crippen molar-refractivity contribution >= 4 is 22.9 Å². The van der Waals surface area contributed by atoms with Gasteiger partial charge in [0.1, 0.15) is 11.9 Å². The molecule has 1 atom stereocenters. The maximum absolute atomic E-state index is 12.0. The highest BCUT2D eigenvalue weighted by molar-refractivity contribution is 7.10. The fraction of sp³-hybridized carbons (Fsp3) is 0.346. The van der Waals surface area contributed by atoms with Gasteiger partial charge in [-0.2, -0.15) is 0 Å². The summed E-state index contributed by atoms with van der Waals surface area (Å²) in [4.78, 5) is 18.1. The first-order valence-corrected chi connectivity index (χ1v) is 12.1. The van der Waals surface area contributed by atoms with Gasteiger partial charge in [-0.1, -0.05) is 36.4 Å². The number of carbonyl (C=O) groups excluding carboxylic acids is 1. The molecule has 1 N–H and O–H groups in total. The van der Waals surface area contributed by atoms with Gasteiger partial charge in [-0.25, -0.2) is 0 Å². The number of benzene rings is 2. The van der Waals surface area contributed by atoms with Crippen LogP contribution in [0.3, 0.4) is 0 Å². The van der Waals surface area contributed by atoms with Crippen molar-refractivity contribution in [1.82, 2.24) is 10.2 Å². The Morgan fingerprint density at radius 2 is 1.75 bits per heavy atom. The second kappa shape index (κ2) is 11.2. The summed E-state index contributed by atoms with van der Waals surface area (Å²) in [6, 6.07) is 22.9. The molecule has 6 heteroatoms. The van der Waals surface area contributed by atoms with Crippen LogP contribution in [-0.2, 0) is 17.8 Å². The Bertz CT molecular complexity index is 953. The number of para-hydroxylation sites is 1. The number of rotatable bonds is 9. The Morgan fingerprint density at radius 1 is 1.00 bits per heavy atom. The van der Waals surface area contributed by atoms with Crippen LogP contribution in [0.15, 0.2) is 72.1 Å². The summed E-state index contributed by atoms with van der Waals surface area (Å²) in [5, 5.41) is 4.94. The molecule has 0 spiro atoms. The number of piperazine rings is 1. The minimum atomic E-state index is -0.0841. The molecule has 0 bridgehead atoms. The molecule has 2 aromatic carbocycles. The van der Waals surface area contributed by atoms with Crippen LogP contribution in [0.5, 0.6) is 5.75 Å². The van der Waals surface area contributed by atoms with Gasteiger partial charge in [0.15, 0.2) is 0 Å². The lowest BCUT2D eigenvalue weighted by Gasteiger charge is -2.36. The van der Waals surface area contributed by atoms with Crippen LogP contribution in [0.25, 0.3) is 0 Å². The van der Waals surface area contributed by atoms with Crippen molar-refractivity contribution in [3.05, 3.63) is 82.6 Å². The highest BCUT2D eigenvalue weighted by atomic mass is 32.1. The summed E-state index contributed by atoms with van der Waals surface area (Å²) in [7, 11) is 0. The Kier molecular flexibility index (Phi) is 7.80. The number of amides is 1. The van der Waals surface area contributed by atoms with E-state index in [1.165, 1.54) is 11.3 Å². The minimum absolute atomic E-state index is 0.0330. The average molecular weight is 450 g/mol. The Labute approximate surface area is 194 Å². The summed E-state index contributed by atoms with van der Waals surface area (Å²) < 4.78 is 5.98. The highest BCUT2D eigenvalue weighted by Crippen LogP contribution is 2.19.